The smallest absolute Gasteiger partial charge is 0.350 e. The predicted molar refractivity (Wildman–Crippen MR) is 162 cm³/mol. The van der Waals surface area contributed by atoms with Gasteiger partial charge < -0.3 is 15.2 Å². The molecule has 0 aliphatic carbocycles. The molecule has 200 valence electrons. The monoisotopic (exact) mass is 624 g/mol. The van der Waals surface area contributed by atoms with Crippen LogP contribution in [0.4, 0.5) is 5.69 Å². The molecule has 11 heteroatoms. The zero-order valence-electron chi connectivity index (χ0n) is 21.6. The number of thiophene rings is 1. The number of nitriles is 1. The van der Waals surface area contributed by atoms with E-state index in [2.05, 4.69) is 49.3 Å². The van der Waals surface area contributed by atoms with Crippen molar-refractivity contribution in [2.24, 2.45) is 0 Å². The highest BCUT2D eigenvalue weighted by atomic mass is 79.9. The molecule has 0 aliphatic heterocycles. The fourth-order valence-corrected chi connectivity index (χ4v) is 5.25. The van der Waals surface area contributed by atoms with E-state index in [1.807, 2.05) is 62.4 Å². The molecule has 2 N–H and O–H groups in total. The van der Waals surface area contributed by atoms with Crippen molar-refractivity contribution in [2.75, 3.05) is 25.7 Å². The first-order valence-corrected chi connectivity index (χ1v) is 13.7. The molecule has 0 radical (unpaired) electrons. The lowest BCUT2D eigenvalue weighted by Crippen LogP contribution is -2.01. The van der Waals surface area contributed by atoms with Crippen LogP contribution in [0.2, 0.25) is 0 Å². The number of nitrogens with zero attached hydrogens (tertiary/aromatic N) is 3. The van der Waals surface area contributed by atoms with E-state index >= 15 is 0 Å². The Hall–Kier alpha value is -3.72. The van der Waals surface area contributed by atoms with E-state index in [9.17, 15) is 9.59 Å². The maximum atomic E-state index is 11.7. The maximum absolute atomic E-state index is 11.7. The van der Waals surface area contributed by atoms with Gasteiger partial charge in [0.1, 0.15) is 10.9 Å². The van der Waals surface area contributed by atoms with Crippen LogP contribution in [-0.2, 0) is 14.3 Å². The van der Waals surface area contributed by atoms with Gasteiger partial charge in [0.15, 0.2) is 0 Å². The van der Waals surface area contributed by atoms with E-state index in [-0.39, 0.29) is 11.7 Å². The van der Waals surface area contributed by atoms with Crippen LogP contribution in [0.25, 0.3) is 31.9 Å². The number of methoxy groups -OCH3 is 2. The summed E-state index contributed by atoms with van der Waals surface area (Å²) in [6.45, 7) is 3.88. The van der Waals surface area contributed by atoms with E-state index in [4.69, 9.17) is 15.7 Å². The van der Waals surface area contributed by atoms with Crippen molar-refractivity contribution < 1.29 is 19.1 Å². The number of aromatic nitrogens is 2. The van der Waals surface area contributed by atoms with Gasteiger partial charge in [0.05, 0.1) is 42.3 Å². The minimum absolute atomic E-state index is 0.163. The third kappa shape index (κ3) is 6.84. The second-order valence-corrected chi connectivity index (χ2v) is 10.3. The van der Waals surface area contributed by atoms with Crippen LogP contribution < -0.4 is 5.73 Å². The summed E-state index contributed by atoms with van der Waals surface area (Å²) in [5.41, 5.74) is 10.9. The Morgan fingerprint density at radius 2 is 1.56 bits per heavy atom. The number of esters is 2. The Morgan fingerprint density at radius 1 is 0.974 bits per heavy atom. The molecular weight excluding hydrogens is 600 g/mol. The number of benzene rings is 2. The van der Waals surface area contributed by atoms with Crippen molar-refractivity contribution in [2.45, 2.75) is 13.8 Å². The molecule has 3 aromatic heterocycles. The number of carbonyl (C=O) groups excluding carboxylic acids is 2. The molecule has 0 aliphatic rings. The molecule has 0 bridgehead atoms. The van der Waals surface area contributed by atoms with Gasteiger partial charge in [-0.05, 0) is 72.2 Å². The number of nitrogen functional groups attached to an aromatic ring is 1. The highest BCUT2D eigenvalue weighted by Gasteiger charge is 2.18. The fourth-order valence-electron chi connectivity index (χ4n) is 3.63. The normalized spacial score (nSPS) is 10.2. The SMILES string of the molecule is COC(=O)CS.COC(=O)c1sc2ccc3nc(C)ccc3c2c1N.Cc1ccc2c(C#N)c(Br)ccc2n1. The molecule has 3 heterocycles. The Labute approximate surface area is 243 Å². The van der Waals surface area contributed by atoms with Crippen LogP contribution in [0.5, 0.6) is 0 Å². The fraction of sp³-hybridized carbons (Fsp3) is 0.179. The van der Waals surface area contributed by atoms with Crippen LogP contribution in [0.3, 0.4) is 0 Å². The molecule has 0 atom stereocenters. The van der Waals surface area contributed by atoms with Crippen molar-refractivity contribution in [1.82, 2.24) is 9.97 Å². The second kappa shape index (κ2) is 13.4. The molecule has 39 heavy (non-hydrogen) atoms. The lowest BCUT2D eigenvalue weighted by molar-refractivity contribution is -0.137. The van der Waals surface area contributed by atoms with Crippen molar-refractivity contribution in [3.63, 3.8) is 0 Å². The molecule has 2 aromatic carbocycles. The number of aryl methyl sites for hydroxylation is 2. The molecule has 5 rings (SSSR count). The van der Waals surface area contributed by atoms with Crippen molar-refractivity contribution in [1.29, 1.82) is 5.26 Å². The highest BCUT2D eigenvalue weighted by molar-refractivity contribution is 9.10. The first-order valence-electron chi connectivity index (χ1n) is 11.4. The van der Waals surface area contributed by atoms with Gasteiger partial charge in [0.25, 0.3) is 0 Å². The third-order valence-corrected chi connectivity index (χ3v) is 7.57. The Kier molecular flexibility index (Phi) is 10.2. The molecule has 0 fully saturated rings. The largest absolute Gasteiger partial charge is 0.468 e. The highest BCUT2D eigenvalue weighted by Crippen LogP contribution is 2.38. The molecule has 0 saturated heterocycles. The number of hydrogen-bond donors (Lipinski definition) is 2. The first-order chi connectivity index (χ1) is 18.6. The average molecular weight is 626 g/mol. The minimum Gasteiger partial charge on any atom is -0.468 e. The van der Waals surface area contributed by atoms with E-state index in [0.717, 1.165) is 47.8 Å². The number of ether oxygens (including phenoxy) is 2. The van der Waals surface area contributed by atoms with Gasteiger partial charge in [-0.3, -0.25) is 14.8 Å². The number of thiol groups is 1. The number of anilines is 1. The maximum Gasteiger partial charge on any atom is 0.350 e. The van der Waals surface area contributed by atoms with Crippen molar-refractivity contribution in [3.05, 3.63) is 74.8 Å². The Bertz CT molecular complexity index is 1720. The third-order valence-electron chi connectivity index (χ3n) is 5.50. The summed E-state index contributed by atoms with van der Waals surface area (Å²) in [5, 5.41) is 11.7. The molecule has 8 nitrogen and oxygen atoms in total. The lowest BCUT2D eigenvalue weighted by Gasteiger charge is -2.02. The van der Waals surface area contributed by atoms with E-state index in [1.165, 1.54) is 25.6 Å². The molecule has 5 aromatic rings. The number of carbonyl (C=O) groups is 2. The number of nitrogens with two attached hydrogens (primary N) is 1. The Morgan fingerprint density at radius 3 is 2.10 bits per heavy atom. The van der Waals surface area contributed by atoms with Gasteiger partial charge in [-0.2, -0.15) is 17.9 Å². The van der Waals surface area contributed by atoms with Crippen molar-refractivity contribution in [3.8, 4) is 6.07 Å². The van der Waals surface area contributed by atoms with Gasteiger partial charge in [0, 0.05) is 36.7 Å². The molecule has 0 spiro atoms. The van der Waals surface area contributed by atoms with E-state index in [1.54, 1.807) is 0 Å². The summed E-state index contributed by atoms with van der Waals surface area (Å²) in [6.07, 6.45) is 0. The standard InChI is InChI=1S/C14H12N2O2S.C11H7BrN2.C3H6O2S/c1-7-3-4-8-9(16-7)5-6-10-11(8)12(15)13(19-10)14(17)18-2;1-7-2-3-8-9(6-13)10(12)4-5-11(8)14-7;1-5-3(4)2-6/h3-6H,15H2,1-2H3;2-5H,1H3;6H,2H2,1H3. The summed E-state index contributed by atoms with van der Waals surface area (Å²) >= 11 is 8.32. The summed E-state index contributed by atoms with van der Waals surface area (Å²) in [4.78, 5) is 30.8. The van der Waals surface area contributed by atoms with Gasteiger partial charge in [-0.25, -0.2) is 4.79 Å². The molecular formula is C28H25BrN4O4S2. The topological polar surface area (TPSA) is 128 Å². The van der Waals surface area contributed by atoms with Gasteiger partial charge in [-0.15, -0.1) is 11.3 Å². The van der Waals surface area contributed by atoms with Crippen LogP contribution >= 0.6 is 39.9 Å². The van der Waals surface area contributed by atoms with Crippen LogP contribution in [0.1, 0.15) is 26.6 Å². The summed E-state index contributed by atoms with van der Waals surface area (Å²) in [7, 11) is 2.69. The Balaban J connectivity index is 0.000000185. The number of halogens is 1. The molecule has 0 amide bonds. The van der Waals surface area contributed by atoms with Crippen LogP contribution in [0, 0.1) is 25.2 Å². The zero-order chi connectivity index (χ0) is 28.7. The number of pyridine rings is 2. The second-order valence-electron chi connectivity index (χ2n) is 8.08. The van der Waals surface area contributed by atoms with Gasteiger partial charge in [0.2, 0.25) is 0 Å². The predicted octanol–water partition coefficient (Wildman–Crippen LogP) is 6.39. The summed E-state index contributed by atoms with van der Waals surface area (Å²) in [5.74, 6) is -0.526. The van der Waals surface area contributed by atoms with Gasteiger partial charge >= 0.3 is 11.9 Å². The zero-order valence-corrected chi connectivity index (χ0v) is 24.9. The summed E-state index contributed by atoms with van der Waals surface area (Å²) in [6, 6.07) is 17.6. The molecule has 0 saturated carbocycles. The number of hydrogen-bond acceptors (Lipinski definition) is 10. The van der Waals surface area contributed by atoms with Crippen LogP contribution in [-0.4, -0.2) is 41.9 Å². The van der Waals surface area contributed by atoms with Crippen molar-refractivity contribution >= 4 is 89.4 Å². The van der Waals surface area contributed by atoms with E-state index in [0.29, 0.717) is 16.1 Å². The summed E-state index contributed by atoms with van der Waals surface area (Å²) < 4.78 is 10.7. The lowest BCUT2D eigenvalue weighted by atomic mass is 10.1. The quantitative estimate of drug-likeness (QED) is 0.171. The molecule has 0 unspecified atom stereocenters. The van der Waals surface area contributed by atoms with E-state index < -0.39 is 5.97 Å². The van der Waals surface area contributed by atoms with Crippen LogP contribution in [0.15, 0.2) is 53.0 Å². The number of fused-ring (bicyclic) bond motifs is 4. The number of rotatable bonds is 2. The minimum atomic E-state index is -0.396. The average Bonchev–Trinajstić information content (AvgIpc) is 3.29. The van der Waals surface area contributed by atoms with Gasteiger partial charge in [-0.1, -0.05) is 6.07 Å². The first kappa shape index (κ1) is 29.8.